The molecule has 32 heavy (non-hydrogen) atoms. The molecule has 4 rings (SSSR count). The summed E-state index contributed by atoms with van der Waals surface area (Å²) in [6, 6.07) is 16.2. The van der Waals surface area contributed by atoms with E-state index in [1.807, 2.05) is 31.2 Å². The van der Waals surface area contributed by atoms with Gasteiger partial charge < -0.3 is 0 Å². The van der Waals surface area contributed by atoms with E-state index in [2.05, 4.69) is 18.0 Å². The molecule has 0 aliphatic rings. The van der Waals surface area contributed by atoms with Crippen molar-refractivity contribution in [2.24, 2.45) is 0 Å². The largest absolute Gasteiger partial charge is 0.282 e. The van der Waals surface area contributed by atoms with Gasteiger partial charge in [0.25, 0.3) is 0 Å². The number of hydrogen-bond donors (Lipinski definition) is 0. The number of nitrogens with zero attached hydrogens (tertiary/aromatic N) is 3. The third-order valence-electron chi connectivity index (χ3n) is 5.28. The molecular formula is C24H23N3O3S2. The Morgan fingerprint density at radius 1 is 1.03 bits per heavy atom. The number of aryl methyl sites for hydroxylation is 2. The van der Waals surface area contributed by atoms with E-state index < -0.39 is 9.84 Å². The molecule has 2 aromatic heterocycles. The molecule has 0 saturated heterocycles. The smallest absolute Gasteiger partial charge is 0.233 e. The number of pyridine rings is 1. The topological polar surface area (TPSA) is 80.2 Å². The highest BCUT2D eigenvalue weighted by atomic mass is 32.2. The molecular weight excluding hydrogens is 442 g/mol. The van der Waals surface area contributed by atoms with Gasteiger partial charge in [0, 0.05) is 12.5 Å². The lowest BCUT2D eigenvalue weighted by molar-refractivity contribution is -0.118. The Kier molecular flexibility index (Phi) is 6.08. The Morgan fingerprint density at radius 2 is 1.75 bits per heavy atom. The SMILES string of the molecule is Cc1cc2nc(N(Cc3ccccn3)C(=O)Cc3ccc(S(C)(=O)=O)cc3)sc2cc1C. The van der Waals surface area contributed by atoms with Crippen LogP contribution in [0.5, 0.6) is 0 Å². The molecule has 0 radical (unpaired) electrons. The Hall–Kier alpha value is -3.10. The van der Waals surface area contributed by atoms with E-state index >= 15 is 0 Å². The van der Waals surface area contributed by atoms with Crippen LogP contribution in [0.2, 0.25) is 0 Å². The van der Waals surface area contributed by atoms with E-state index in [1.165, 1.54) is 29.0 Å². The summed E-state index contributed by atoms with van der Waals surface area (Å²) in [5.74, 6) is -0.129. The first-order valence-electron chi connectivity index (χ1n) is 10.1. The second-order valence-electron chi connectivity index (χ2n) is 7.79. The quantitative estimate of drug-likeness (QED) is 0.419. The maximum absolute atomic E-state index is 13.4. The number of rotatable bonds is 6. The highest BCUT2D eigenvalue weighted by Gasteiger charge is 2.21. The minimum Gasteiger partial charge on any atom is -0.282 e. The number of carbonyl (C=O) groups excluding carboxylic acids is 1. The summed E-state index contributed by atoms with van der Waals surface area (Å²) in [5.41, 5.74) is 4.70. The van der Waals surface area contributed by atoms with Crippen molar-refractivity contribution in [3.63, 3.8) is 0 Å². The lowest BCUT2D eigenvalue weighted by Crippen LogP contribution is -2.32. The summed E-state index contributed by atoms with van der Waals surface area (Å²) in [5, 5.41) is 0.619. The number of hydrogen-bond acceptors (Lipinski definition) is 6. The Bertz CT molecular complexity index is 1340. The molecule has 2 aromatic carbocycles. The van der Waals surface area contributed by atoms with E-state index in [1.54, 1.807) is 23.2 Å². The molecule has 6 nitrogen and oxygen atoms in total. The fraction of sp³-hybridized carbons (Fsp3) is 0.208. The van der Waals surface area contributed by atoms with Crippen LogP contribution in [-0.2, 0) is 27.6 Å². The average molecular weight is 466 g/mol. The van der Waals surface area contributed by atoms with Crippen LogP contribution in [0.3, 0.4) is 0 Å². The number of benzene rings is 2. The van der Waals surface area contributed by atoms with Gasteiger partial charge in [-0.25, -0.2) is 13.4 Å². The van der Waals surface area contributed by atoms with Crippen molar-refractivity contribution >= 4 is 42.4 Å². The molecule has 8 heteroatoms. The predicted molar refractivity (Wildman–Crippen MR) is 128 cm³/mol. The molecule has 0 bridgehead atoms. The summed E-state index contributed by atoms with van der Waals surface area (Å²) in [4.78, 5) is 24.4. The molecule has 0 unspecified atom stereocenters. The fourth-order valence-electron chi connectivity index (χ4n) is 3.32. The molecule has 2 heterocycles. The zero-order valence-electron chi connectivity index (χ0n) is 18.1. The van der Waals surface area contributed by atoms with Gasteiger partial charge in [-0.05, 0) is 66.9 Å². The first-order chi connectivity index (χ1) is 15.2. The monoisotopic (exact) mass is 465 g/mol. The van der Waals surface area contributed by atoms with Gasteiger partial charge in [0.2, 0.25) is 5.91 Å². The van der Waals surface area contributed by atoms with Crippen LogP contribution in [0.4, 0.5) is 5.13 Å². The first-order valence-corrected chi connectivity index (χ1v) is 12.8. The lowest BCUT2D eigenvalue weighted by Gasteiger charge is -2.19. The van der Waals surface area contributed by atoms with Gasteiger partial charge in [-0.15, -0.1) is 0 Å². The summed E-state index contributed by atoms with van der Waals surface area (Å²) < 4.78 is 24.4. The molecule has 164 valence electrons. The molecule has 0 fully saturated rings. The molecule has 0 atom stereocenters. The van der Waals surface area contributed by atoms with Crippen LogP contribution in [0.15, 0.2) is 65.7 Å². The predicted octanol–water partition coefficient (Wildman–Crippen LogP) is 4.49. The second kappa shape index (κ2) is 8.80. The van der Waals surface area contributed by atoms with Crippen LogP contribution in [0.1, 0.15) is 22.4 Å². The van der Waals surface area contributed by atoms with Crippen LogP contribution >= 0.6 is 11.3 Å². The van der Waals surface area contributed by atoms with Gasteiger partial charge >= 0.3 is 0 Å². The second-order valence-corrected chi connectivity index (χ2v) is 10.8. The number of sulfone groups is 1. The van der Waals surface area contributed by atoms with Gasteiger partial charge in [0.1, 0.15) is 0 Å². The van der Waals surface area contributed by atoms with E-state index in [0.717, 1.165) is 33.3 Å². The van der Waals surface area contributed by atoms with Gasteiger partial charge in [-0.3, -0.25) is 14.7 Å². The molecule has 0 aliphatic carbocycles. The zero-order chi connectivity index (χ0) is 22.9. The third-order valence-corrected chi connectivity index (χ3v) is 7.45. The fourth-order valence-corrected chi connectivity index (χ4v) is 5.02. The van der Waals surface area contributed by atoms with Gasteiger partial charge in [0.15, 0.2) is 15.0 Å². The Labute approximate surface area is 191 Å². The highest BCUT2D eigenvalue weighted by Crippen LogP contribution is 2.32. The van der Waals surface area contributed by atoms with Gasteiger partial charge in [-0.2, -0.15) is 0 Å². The van der Waals surface area contributed by atoms with Crippen molar-refractivity contribution in [1.82, 2.24) is 9.97 Å². The standard InChI is InChI=1S/C24H23N3O3S2/c1-16-12-21-22(13-17(16)2)31-24(26-21)27(15-19-6-4-5-11-25-19)23(28)14-18-7-9-20(10-8-18)32(3,29)30/h4-13H,14-15H2,1-3H3. The summed E-state index contributed by atoms with van der Waals surface area (Å²) in [6.45, 7) is 4.41. The highest BCUT2D eigenvalue weighted by molar-refractivity contribution is 7.90. The molecule has 1 amide bonds. The van der Waals surface area contributed by atoms with Crippen molar-refractivity contribution in [2.75, 3.05) is 11.2 Å². The maximum atomic E-state index is 13.4. The maximum Gasteiger partial charge on any atom is 0.233 e. The van der Waals surface area contributed by atoms with Crippen molar-refractivity contribution in [3.8, 4) is 0 Å². The number of thiazole rings is 1. The third kappa shape index (κ3) is 4.87. The van der Waals surface area contributed by atoms with Crippen molar-refractivity contribution in [3.05, 3.63) is 83.2 Å². The molecule has 0 spiro atoms. The van der Waals surface area contributed by atoms with Crippen LogP contribution < -0.4 is 4.90 Å². The minimum atomic E-state index is -3.28. The van der Waals surface area contributed by atoms with Gasteiger partial charge in [0.05, 0.1) is 33.8 Å². The number of aromatic nitrogens is 2. The van der Waals surface area contributed by atoms with Crippen LogP contribution in [-0.4, -0.2) is 30.5 Å². The molecule has 0 aliphatic heterocycles. The zero-order valence-corrected chi connectivity index (χ0v) is 19.7. The molecule has 0 saturated carbocycles. The first kappa shape index (κ1) is 22.1. The van der Waals surface area contributed by atoms with Crippen molar-refractivity contribution in [2.45, 2.75) is 31.7 Å². The average Bonchev–Trinajstić information content (AvgIpc) is 3.15. The number of anilines is 1. The number of fused-ring (bicyclic) bond motifs is 1. The van der Waals surface area contributed by atoms with E-state index in [-0.39, 0.29) is 17.2 Å². The summed E-state index contributed by atoms with van der Waals surface area (Å²) in [7, 11) is -3.28. The van der Waals surface area contributed by atoms with E-state index in [0.29, 0.717) is 11.7 Å². The van der Waals surface area contributed by atoms with Crippen molar-refractivity contribution in [1.29, 1.82) is 0 Å². The van der Waals surface area contributed by atoms with E-state index in [9.17, 15) is 13.2 Å². The minimum absolute atomic E-state index is 0.129. The summed E-state index contributed by atoms with van der Waals surface area (Å²) >= 11 is 1.48. The summed E-state index contributed by atoms with van der Waals surface area (Å²) in [6.07, 6.45) is 3.00. The van der Waals surface area contributed by atoms with Crippen molar-refractivity contribution < 1.29 is 13.2 Å². The normalized spacial score (nSPS) is 11.6. The number of carbonyl (C=O) groups is 1. The molecule has 0 N–H and O–H groups in total. The number of amides is 1. The lowest BCUT2D eigenvalue weighted by atomic mass is 10.1. The van der Waals surface area contributed by atoms with Crippen LogP contribution in [0.25, 0.3) is 10.2 Å². The molecule has 4 aromatic rings. The Balaban J connectivity index is 1.67. The van der Waals surface area contributed by atoms with Gasteiger partial charge in [-0.1, -0.05) is 29.5 Å². The Morgan fingerprint density at radius 3 is 2.41 bits per heavy atom. The van der Waals surface area contributed by atoms with E-state index in [4.69, 9.17) is 4.98 Å². The van der Waals surface area contributed by atoms with Crippen LogP contribution in [0, 0.1) is 13.8 Å².